The lowest BCUT2D eigenvalue weighted by Gasteiger charge is -1.95. The van der Waals surface area contributed by atoms with Crippen molar-refractivity contribution >= 4 is 10.1 Å². The van der Waals surface area contributed by atoms with Crippen molar-refractivity contribution in [3.63, 3.8) is 0 Å². The van der Waals surface area contributed by atoms with Gasteiger partial charge < -0.3 is 0 Å². The SMILES string of the molecule is Cc1cc[n+](CS(=O)(=O)OO)cc1. The maximum absolute atomic E-state index is 10.8. The molecule has 6 heteroatoms. The summed E-state index contributed by atoms with van der Waals surface area (Å²) in [5, 5.41) is 8.01. The van der Waals surface area contributed by atoms with E-state index in [4.69, 9.17) is 5.26 Å². The summed E-state index contributed by atoms with van der Waals surface area (Å²) in [6, 6.07) is 3.51. The van der Waals surface area contributed by atoms with E-state index in [1.807, 2.05) is 6.92 Å². The van der Waals surface area contributed by atoms with Crippen LogP contribution in [0.2, 0.25) is 0 Å². The van der Waals surface area contributed by atoms with Gasteiger partial charge in [-0.2, -0.15) is 13.0 Å². The second kappa shape index (κ2) is 3.82. The fraction of sp³-hybridized carbons (Fsp3) is 0.286. The molecular formula is C7H10NO4S+. The van der Waals surface area contributed by atoms with E-state index in [-0.39, 0.29) is 0 Å². The Morgan fingerprint density at radius 1 is 1.46 bits per heavy atom. The molecule has 13 heavy (non-hydrogen) atoms. The molecule has 0 amide bonds. The number of pyridine rings is 1. The number of hydrogen-bond donors (Lipinski definition) is 1. The van der Waals surface area contributed by atoms with Gasteiger partial charge in [0, 0.05) is 12.1 Å². The molecule has 0 bridgehead atoms. The first-order valence-corrected chi connectivity index (χ1v) is 5.13. The number of rotatable bonds is 3. The molecule has 0 saturated carbocycles. The summed E-state index contributed by atoms with van der Waals surface area (Å²) in [6.45, 7) is 1.89. The minimum atomic E-state index is -3.87. The number of nitrogens with zero attached hydrogens (tertiary/aromatic N) is 1. The Kier molecular flexibility index (Phi) is 2.97. The van der Waals surface area contributed by atoms with Crippen LogP contribution in [0.1, 0.15) is 5.56 Å². The summed E-state index contributed by atoms with van der Waals surface area (Å²) in [7, 11) is -3.87. The van der Waals surface area contributed by atoms with E-state index in [1.54, 1.807) is 24.5 Å². The van der Waals surface area contributed by atoms with E-state index < -0.39 is 16.0 Å². The van der Waals surface area contributed by atoms with Crippen LogP contribution in [0.4, 0.5) is 0 Å². The quantitative estimate of drug-likeness (QED) is 0.429. The van der Waals surface area contributed by atoms with Gasteiger partial charge in [-0.15, -0.1) is 4.33 Å². The predicted octanol–water partition coefficient (Wildman–Crippen LogP) is 0.0594. The first-order valence-electron chi connectivity index (χ1n) is 3.55. The van der Waals surface area contributed by atoms with Crippen molar-refractivity contribution in [2.75, 3.05) is 0 Å². The van der Waals surface area contributed by atoms with Crippen molar-refractivity contribution in [3.05, 3.63) is 30.1 Å². The summed E-state index contributed by atoms with van der Waals surface area (Å²) < 4.78 is 26.2. The predicted molar refractivity (Wildman–Crippen MR) is 44.0 cm³/mol. The maximum Gasteiger partial charge on any atom is 0.355 e. The maximum atomic E-state index is 10.8. The van der Waals surface area contributed by atoms with Crippen LogP contribution in [0.5, 0.6) is 0 Å². The van der Waals surface area contributed by atoms with Gasteiger partial charge in [0.15, 0.2) is 12.4 Å². The largest absolute Gasteiger partial charge is 0.355 e. The lowest BCUT2D eigenvalue weighted by molar-refractivity contribution is -0.678. The molecule has 0 aromatic carbocycles. The summed E-state index contributed by atoms with van der Waals surface area (Å²) in [5.41, 5.74) is 1.03. The third-order valence-corrected chi connectivity index (χ3v) is 2.32. The second-order valence-electron chi connectivity index (χ2n) is 2.65. The molecule has 0 aliphatic heterocycles. The Balaban J connectivity index is 2.82. The molecule has 0 aliphatic rings. The van der Waals surface area contributed by atoms with Gasteiger partial charge in [0.2, 0.25) is 0 Å². The lowest BCUT2D eigenvalue weighted by Crippen LogP contribution is -2.37. The number of aryl methyl sites for hydroxylation is 1. The van der Waals surface area contributed by atoms with Crippen molar-refractivity contribution in [3.8, 4) is 0 Å². The minimum Gasteiger partial charge on any atom is -0.235 e. The molecule has 0 saturated heterocycles. The first-order chi connectivity index (χ1) is 6.03. The monoisotopic (exact) mass is 204 g/mol. The van der Waals surface area contributed by atoms with Gasteiger partial charge in [-0.3, -0.25) is 0 Å². The zero-order chi connectivity index (χ0) is 9.90. The Bertz CT molecular complexity index is 370. The highest BCUT2D eigenvalue weighted by molar-refractivity contribution is 7.85. The van der Waals surface area contributed by atoms with E-state index in [0.29, 0.717) is 0 Å². The van der Waals surface area contributed by atoms with Gasteiger partial charge in [0.1, 0.15) is 0 Å². The topological polar surface area (TPSA) is 67.5 Å². The Morgan fingerprint density at radius 3 is 2.46 bits per heavy atom. The molecule has 72 valence electrons. The van der Waals surface area contributed by atoms with Crippen molar-refractivity contribution in [2.24, 2.45) is 0 Å². The van der Waals surface area contributed by atoms with Gasteiger partial charge in [0.25, 0.3) is 5.88 Å². The lowest BCUT2D eigenvalue weighted by atomic mass is 10.3. The first kappa shape index (κ1) is 10.1. The van der Waals surface area contributed by atoms with Crippen LogP contribution in [0.25, 0.3) is 0 Å². The molecule has 0 spiro atoms. The highest BCUT2D eigenvalue weighted by atomic mass is 32.2. The molecule has 1 N–H and O–H groups in total. The zero-order valence-corrected chi connectivity index (χ0v) is 7.86. The third kappa shape index (κ3) is 3.10. The fourth-order valence-corrected chi connectivity index (χ4v) is 1.41. The van der Waals surface area contributed by atoms with Crippen LogP contribution >= 0.6 is 0 Å². The Labute approximate surface area is 76.3 Å². The molecule has 1 heterocycles. The standard InChI is InChI=1S/C7H9NO4S/c1-7-2-4-8(5-3-7)6-13(10,11)12-9/h2-5H,6H2,1H3/p+1. The minimum absolute atomic E-state index is 0.399. The molecule has 1 aromatic rings. The normalized spacial score (nSPS) is 11.5. The van der Waals surface area contributed by atoms with Gasteiger partial charge in [0.05, 0.1) is 0 Å². The molecule has 0 unspecified atom stereocenters. The molecule has 1 rings (SSSR count). The summed E-state index contributed by atoms with van der Waals surface area (Å²) in [6.07, 6.45) is 3.18. The molecule has 0 fully saturated rings. The van der Waals surface area contributed by atoms with Crippen molar-refractivity contribution in [2.45, 2.75) is 12.8 Å². The molecule has 0 aliphatic carbocycles. The zero-order valence-electron chi connectivity index (χ0n) is 7.04. The molecule has 1 aromatic heterocycles. The van der Waals surface area contributed by atoms with Crippen LogP contribution in [-0.4, -0.2) is 13.7 Å². The molecule has 0 radical (unpaired) electrons. The summed E-state index contributed by atoms with van der Waals surface area (Å²) >= 11 is 0. The average Bonchev–Trinajstić information content (AvgIpc) is 2.09. The Hall–Kier alpha value is -0.980. The van der Waals surface area contributed by atoms with Crippen molar-refractivity contribution in [1.82, 2.24) is 0 Å². The van der Waals surface area contributed by atoms with Gasteiger partial charge in [-0.1, -0.05) is 0 Å². The fourth-order valence-electron chi connectivity index (χ4n) is 0.824. The average molecular weight is 204 g/mol. The highest BCUT2D eigenvalue weighted by Gasteiger charge is 2.16. The van der Waals surface area contributed by atoms with E-state index >= 15 is 0 Å². The van der Waals surface area contributed by atoms with E-state index in [0.717, 1.165) is 5.56 Å². The van der Waals surface area contributed by atoms with Crippen LogP contribution in [0.3, 0.4) is 0 Å². The van der Waals surface area contributed by atoms with E-state index in [2.05, 4.69) is 4.33 Å². The molecule has 0 atom stereocenters. The molecule has 5 nitrogen and oxygen atoms in total. The highest BCUT2D eigenvalue weighted by Crippen LogP contribution is 1.93. The van der Waals surface area contributed by atoms with E-state index in [9.17, 15) is 8.42 Å². The smallest absolute Gasteiger partial charge is 0.235 e. The van der Waals surface area contributed by atoms with Crippen LogP contribution in [0.15, 0.2) is 24.5 Å². The van der Waals surface area contributed by atoms with Gasteiger partial charge >= 0.3 is 10.1 Å². The number of aromatic nitrogens is 1. The molecular weight excluding hydrogens is 194 g/mol. The summed E-state index contributed by atoms with van der Waals surface area (Å²) in [4.78, 5) is 0. The van der Waals surface area contributed by atoms with Crippen molar-refractivity contribution in [1.29, 1.82) is 0 Å². The Morgan fingerprint density at radius 2 is 2.00 bits per heavy atom. The van der Waals surface area contributed by atoms with Gasteiger partial charge in [-0.25, -0.2) is 5.26 Å². The summed E-state index contributed by atoms with van der Waals surface area (Å²) in [5.74, 6) is -0.399. The van der Waals surface area contributed by atoms with Crippen LogP contribution in [0, 0.1) is 6.92 Å². The van der Waals surface area contributed by atoms with Crippen molar-refractivity contribution < 1.29 is 22.6 Å². The van der Waals surface area contributed by atoms with Crippen LogP contribution < -0.4 is 4.57 Å². The van der Waals surface area contributed by atoms with Gasteiger partial charge in [-0.05, 0) is 12.5 Å². The second-order valence-corrected chi connectivity index (χ2v) is 4.17. The number of hydrogen-bond acceptors (Lipinski definition) is 4. The van der Waals surface area contributed by atoms with E-state index in [1.165, 1.54) is 4.57 Å². The van der Waals surface area contributed by atoms with Crippen LogP contribution in [-0.2, 0) is 20.3 Å². The third-order valence-electron chi connectivity index (χ3n) is 1.48.